The predicted molar refractivity (Wildman–Crippen MR) is 144 cm³/mol. The Hall–Kier alpha value is -3.37. The van der Waals surface area contributed by atoms with Gasteiger partial charge in [-0.2, -0.15) is 0 Å². The summed E-state index contributed by atoms with van der Waals surface area (Å²) in [5.74, 6) is 7.44. The van der Waals surface area contributed by atoms with Crippen molar-refractivity contribution in [2.45, 2.75) is 69.8 Å². The van der Waals surface area contributed by atoms with Crippen LogP contribution in [0.5, 0.6) is 11.5 Å². The third kappa shape index (κ3) is 5.65. The molecule has 0 amide bonds. The fourth-order valence-electron chi connectivity index (χ4n) is 5.43. The van der Waals surface area contributed by atoms with E-state index in [1.807, 2.05) is 37.3 Å². The fraction of sp³-hybridized carbons (Fsp3) is 0.433. The van der Waals surface area contributed by atoms with Crippen molar-refractivity contribution in [3.05, 3.63) is 58.6 Å². The molecule has 0 bridgehead atoms. The summed E-state index contributed by atoms with van der Waals surface area (Å²) in [5, 5.41) is 19.8. The first kappa shape index (κ1) is 25.3. The molecule has 0 radical (unpaired) electrons. The number of aryl methyl sites for hydroxylation is 1. The summed E-state index contributed by atoms with van der Waals surface area (Å²) in [5.41, 5.74) is 2.51. The van der Waals surface area contributed by atoms with Crippen LogP contribution in [0.15, 0.2) is 42.5 Å². The predicted octanol–water partition coefficient (Wildman–Crippen LogP) is 6.41. The van der Waals surface area contributed by atoms with E-state index in [1.54, 1.807) is 18.4 Å². The summed E-state index contributed by atoms with van der Waals surface area (Å²) < 4.78 is 12.0. The molecule has 3 aromatic rings. The van der Waals surface area contributed by atoms with Gasteiger partial charge in [-0.15, -0.1) is 10.2 Å². The first-order valence-corrected chi connectivity index (χ1v) is 13.8. The second-order valence-electron chi connectivity index (χ2n) is 10.0. The van der Waals surface area contributed by atoms with E-state index >= 15 is 0 Å². The highest BCUT2D eigenvalue weighted by atomic mass is 32.1. The lowest BCUT2D eigenvalue weighted by molar-refractivity contribution is -0.143. The Morgan fingerprint density at radius 3 is 2.51 bits per heavy atom. The normalized spacial score (nSPS) is 21.7. The lowest BCUT2D eigenvalue weighted by Crippen LogP contribution is -2.33. The van der Waals surface area contributed by atoms with Gasteiger partial charge in [0.2, 0.25) is 0 Å². The molecule has 37 heavy (non-hydrogen) atoms. The number of carboxylic acid groups (broad SMARTS) is 1. The zero-order valence-corrected chi connectivity index (χ0v) is 22.1. The minimum Gasteiger partial charge on any atom is -0.493 e. The highest BCUT2D eigenvalue weighted by molar-refractivity contribution is 7.14. The summed E-state index contributed by atoms with van der Waals surface area (Å²) in [7, 11) is 1.66. The van der Waals surface area contributed by atoms with Crippen molar-refractivity contribution >= 4 is 17.3 Å². The van der Waals surface area contributed by atoms with Crippen LogP contribution < -0.4 is 9.47 Å². The van der Waals surface area contributed by atoms with Gasteiger partial charge < -0.3 is 14.6 Å². The van der Waals surface area contributed by atoms with Crippen molar-refractivity contribution in [1.82, 2.24) is 10.2 Å². The standard InChI is InChI=1S/C30H32N2O4S/c1-20-31-32-28(37-20)23-7-5-6-21(18-23)12-15-30(16-13-22(14-17-30)29(33)34)24-10-11-26(35-2)27(19-24)36-25-8-3-4-9-25/h5-7,10-11,18-19,22,25H,3-4,8-9,13-14,16-17H2,1-2H3,(H,33,34). The Bertz CT molecular complexity index is 1320. The second kappa shape index (κ2) is 10.9. The van der Waals surface area contributed by atoms with Crippen molar-refractivity contribution < 1.29 is 19.4 Å². The SMILES string of the molecule is COc1ccc(C2(C#Cc3cccc(-c4nnc(C)s4)c3)CCC(C(=O)O)CC2)cc1OC1CCCC1. The maximum Gasteiger partial charge on any atom is 0.306 e. The quantitative estimate of drug-likeness (QED) is 0.382. The van der Waals surface area contributed by atoms with Crippen molar-refractivity contribution in [3.8, 4) is 33.9 Å². The van der Waals surface area contributed by atoms with Crippen LogP contribution in [0, 0.1) is 24.7 Å². The first-order valence-electron chi connectivity index (χ1n) is 13.0. The molecule has 2 aromatic carbocycles. The van der Waals surface area contributed by atoms with Crippen LogP contribution in [0.1, 0.15) is 67.5 Å². The highest BCUT2D eigenvalue weighted by Gasteiger charge is 2.38. The molecular weight excluding hydrogens is 484 g/mol. The molecule has 7 heteroatoms. The maximum absolute atomic E-state index is 11.7. The van der Waals surface area contributed by atoms with Crippen molar-refractivity contribution in [3.63, 3.8) is 0 Å². The van der Waals surface area contributed by atoms with E-state index in [0.29, 0.717) is 25.7 Å². The van der Waals surface area contributed by atoms with Gasteiger partial charge in [0.1, 0.15) is 10.0 Å². The number of hydrogen-bond donors (Lipinski definition) is 1. The molecule has 2 aliphatic rings. The van der Waals surface area contributed by atoms with Crippen molar-refractivity contribution in [2.75, 3.05) is 7.11 Å². The van der Waals surface area contributed by atoms with E-state index in [1.165, 1.54) is 12.8 Å². The minimum absolute atomic E-state index is 0.209. The molecule has 6 nitrogen and oxygen atoms in total. The van der Waals surface area contributed by atoms with Gasteiger partial charge in [-0.25, -0.2) is 0 Å². The average molecular weight is 517 g/mol. The Balaban J connectivity index is 1.50. The topological polar surface area (TPSA) is 81.5 Å². The molecule has 192 valence electrons. The van der Waals surface area contributed by atoms with Gasteiger partial charge in [-0.1, -0.05) is 41.4 Å². The van der Waals surface area contributed by atoms with Crippen molar-refractivity contribution in [1.29, 1.82) is 0 Å². The number of methoxy groups -OCH3 is 1. The largest absolute Gasteiger partial charge is 0.493 e. The minimum atomic E-state index is -0.721. The molecule has 2 saturated carbocycles. The molecule has 0 saturated heterocycles. The Labute approximate surface area is 222 Å². The third-order valence-electron chi connectivity index (χ3n) is 7.58. The van der Waals surface area contributed by atoms with Gasteiger partial charge in [-0.05, 0) is 88.1 Å². The van der Waals surface area contributed by atoms with Crippen LogP contribution in [-0.2, 0) is 10.2 Å². The van der Waals surface area contributed by atoms with E-state index in [9.17, 15) is 9.90 Å². The van der Waals surface area contributed by atoms with Gasteiger partial charge in [0.25, 0.3) is 0 Å². The molecule has 0 unspecified atom stereocenters. The number of hydrogen-bond acceptors (Lipinski definition) is 6. The highest BCUT2D eigenvalue weighted by Crippen LogP contribution is 2.44. The number of rotatable bonds is 6. The summed E-state index contributed by atoms with van der Waals surface area (Å²) in [4.78, 5) is 11.7. The van der Waals surface area contributed by atoms with E-state index in [0.717, 1.165) is 51.0 Å². The van der Waals surface area contributed by atoms with Crippen LogP contribution >= 0.6 is 11.3 Å². The zero-order valence-electron chi connectivity index (χ0n) is 21.3. The number of aliphatic carboxylic acids is 1. The smallest absolute Gasteiger partial charge is 0.306 e. The molecule has 0 aliphatic heterocycles. The van der Waals surface area contributed by atoms with Crippen LogP contribution in [0.25, 0.3) is 10.6 Å². The molecule has 2 fully saturated rings. The van der Waals surface area contributed by atoms with Gasteiger partial charge in [-0.3, -0.25) is 4.79 Å². The van der Waals surface area contributed by atoms with E-state index in [2.05, 4.69) is 34.2 Å². The summed E-state index contributed by atoms with van der Waals surface area (Å²) in [6.45, 7) is 1.95. The molecule has 1 aromatic heterocycles. The summed E-state index contributed by atoms with van der Waals surface area (Å²) >= 11 is 1.56. The van der Waals surface area contributed by atoms with Crippen LogP contribution in [0.4, 0.5) is 0 Å². The van der Waals surface area contributed by atoms with Crippen molar-refractivity contribution in [2.24, 2.45) is 5.92 Å². The first-order chi connectivity index (χ1) is 18.0. The Morgan fingerprint density at radius 2 is 1.84 bits per heavy atom. The van der Waals surface area contributed by atoms with E-state index in [4.69, 9.17) is 9.47 Å². The molecule has 0 atom stereocenters. The molecule has 1 heterocycles. The van der Waals surface area contributed by atoms with Gasteiger partial charge in [0.15, 0.2) is 11.5 Å². The summed E-state index contributed by atoms with van der Waals surface area (Å²) in [6.07, 6.45) is 7.26. The lowest BCUT2D eigenvalue weighted by Gasteiger charge is -2.36. The van der Waals surface area contributed by atoms with Gasteiger partial charge in [0.05, 0.1) is 24.5 Å². The fourth-order valence-corrected chi connectivity index (χ4v) is 6.12. The third-order valence-corrected chi connectivity index (χ3v) is 8.47. The Kier molecular flexibility index (Phi) is 7.48. The van der Waals surface area contributed by atoms with Crippen LogP contribution in [0.3, 0.4) is 0 Å². The number of carbonyl (C=O) groups is 1. The second-order valence-corrected chi connectivity index (χ2v) is 11.2. The van der Waals surface area contributed by atoms with Gasteiger partial charge >= 0.3 is 5.97 Å². The number of ether oxygens (including phenoxy) is 2. The molecule has 1 N–H and O–H groups in total. The lowest BCUT2D eigenvalue weighted by atomic mass is 9.67. The average Bonchev–Trinajstić information content (AvgIpc) is 3.59. The molecule has 0 spiro atoms. The van der Waals surface area contributed by atoms with E-state index in [-0.39, 0.29) is 12.0 Å². The number of nitrogens with zero attached hydrogens (tertiary/aromatic N) is 2. The zero-order chi connectivity index (χ0) is 25.8. The number of carboxylic acids is 1. The van der Waals surface area contributed by atoms with Crippen LogP contribution in [-0.4, -0.2) is 34.5 Å². The number of aromatic nitrogens is 2. The monoisotopic (exact) mass is 516 g/mol. The summed E-state index contributed by atoms with van der Waals surface area (Å²) in [6, 6.07) is 14.2. The molecular formula is C30H32N2O4S. The molecule has 2 aliphatic carbocycles. The molecule has 5 rings (SSSR count). The maximum atomic E-state index is 11.7. The van der Waals surface area contributed by atoms with Crippen LogP contribution in [0.2, 0.25) is 0 Å². The van der Waals surface area contributed by atoms with E-state index < -0.39 is 11.4 Å². The van der Waals surface area contributed by atoms with Gasteiger partial charge in [0, 0.05) is 11.1 Å². The number of benzene rings is 2. The Morgan fingerprint density at radius 1 is 1.05 bits per heavy atom.